The third-order valence-electron chi connectivity index (χ3n) is 5.32. The number of fused-ring (bicyclic) bond motifs is 4. The molecule has 0 aliphatic carbocycles. The van der Waals surface area contributed by atoms with Gasteiger partial charge in [-0.2, -0.15) is 0 Å². The van der Waals surface area contributed by atoms with E-state index in [0.717, 1.165) is 11.1 Å². The van der Waals surface area contributed by atoms with E-state index in [9.17, 15) is 9.18 Å². The zero-order valence-electron chi connectivity index (χ0n) is 15.3. The highest BCUT2D eigenvalue weighted by atomic mass is 35.5. The molecule has 1 amide bonds. The number of hydrogen-bond acceptors (Lipinski definition) is 4. The Morgan fingerprint density at radius 2 is 1.72 bits per heavy atom. The van der Waals surface area contributed by atoms with Crippen LogP contribution in [0.4, 0.5) is 4.39 Å². The molecule has 2 aliphatic heterocycles. The minimum absolute atomic E-state index is 0.0613. The van der Waals surface area contributed by atoms with Crippen LogP contribution in [0.5, 0.6) is 11.5 Å². The fourth-order valence-corrected chi connectivity index (χ4v) is 4.07. The van der Waals surface area contributed by atoms with Crippen LogP contribution in [-0.2, 0) is 10.3 Å². The van der Waals surface area contributed by atoms with Crippen molar-refractivity contribution in [1.29, 1.82) is 0 Å². The van der Waals surface area contributed by atoms with Gasteiger partial charge in [0.05, 0.1) is 0 Å². The van der Waals surface area contributed by atoms with Gasteiger partial charge in [0.15, 0.2) is 5.96 Å². The number of rotatable bonds is 1. The normalized spacial score (nSPS) is 19.6. The van der Waals surface area contributed by atoms with E-state index < -0.39 is 11.4 Å². The van der Waals surface area contributed by atoms with Crippen LogP contribution < -0.4 is 10.5 Å². The molecule has 0 saturated carbocycles. The van der Waals surface area contributed by atoms with Crippen LogP contribution in [0.3, 0.4) is 0 Å². The summed E-state index contributed by atoms with van der Waals surface area (Å²) in [5, 5.41) is 0.595. The quantitative estimate of drug-likeness (QED) is 0.654. The largest absolute Gasteiger partial charge is 0.457 e. The van der Waals surface area contributed by atoms with Crippen molar-refractivity contribution in [2.45, 2.75) is 5.54 Å². The number of carbonyl (C=O) groups excluding carboxylic acids is 1. The molecule has 1 unspecified atom stereocenters. The lowest BCUT2D eigenvalue weighted by atomic mass is 9.79. The zero-order valence-corrected chi connectivity index (χ0v) is 16.1. The molecule has 5 nitrogen and oxygen atoms in total. The van der Waals surface area contributed by atoms with Gasteiger partial charge in [0.2, 0.25) is 5.54 Å². The summed E-state index contributed by atoms with van der Waals surface area (Å²) in [6.07, 6.45) is 0. The van der Waals surface area contributed by atoms with Gasteiger partial charge in [-0.1, -0.05) is 29.8 Å². The van der Waals surface area contributed by atoms with Crippen molar-refractivity contribution < 1.29 is 13.9 Å². The molecule has 2 N–H and O–H groups in total. The van der Waals surface area contributed by atoms with Gasteiger partial charge in [-0.3, -0.25) is 9.69 Å². The molecule has 1 spiro atoms. The first-order chi connectivity index (χ1) is 13.9. The minimum atomic E-state index is -1.50. The van der Waals surface area contributed by atoms with Crippen LogP contribution in [-0.4, -0.2) is 23.8 Å². The molecule has 5 rings (SSSR count). The van der Waals surface area contributed by atoms with Crippen LogP contribution >= 0.6 is 11.6 Å². The molecular formula is C22H15ClFN3O2. The van der Waals surface area contributed by atoms with E-state index in [4.69, 9.17) is 22.1 Å². The maximum absolute atomic E-state index is 14.1. The summed E-state index contributed by atoms with van der Waals surface area (Å²) in [5.74, 6) is 0.0443. The number of halogens is 2. The highest BCUT2D eigenvalue weighted by molar-refractivity contribution is 6.30. The Labute approximate surface area is 171 Å². The molecule has 144 valence electrons. The molecule has 0 aromatic heterocycles. The molecule has 0 radical (unpaired) electrons. The molecule has 0 saturated heterocycles. The van der Waals surface area contributed by atoms with Gasteiger partial charge in [-0.25, -0.2) is 9.38 Å². The first-order valence-corrected chi connectivity index (χ1v) is 9.30. The Morgan fingerprint density at radius 3 is 2.41 bits per heavy atom. The van der Waals surface area contributed by atoms with E-state index in [1.165, 1.54) is 23.1 Å². The second-order valence-electron chi connectivity index (χ2n) is 7.01. The van der Waals surface area contributed by atoms with Crippen molar-refractivity contribution in [3.05, 3.63) is 82.6 Å². The fourth-order valence-electron chi connectivity index (χ4n) is 3.88. The maximum atomic E-state index is 14.1. The first-order valence-electron chi connectivity index (χ1n) is 8.92. The first kappa shape index (κ1) is 17.7. The smallest absolute Gasteiger partial charge is 0.266 e. The molecule has 7 heteroatoms. The maximum Gasteiger partial charge on any atom is 0.266 e. The highest BCUT2D eigenvalue weighted by Gasteiger charge is 2.54. The molecule has 1 atom stereocenters. The van der Waals surface area contributed by atoms with Gasteiger partial charge < -0.3 is 10.5 Å². The van der Waals surface area contributed by atoms with Gasteiger partial charge in [-0.15, -0.1) is 0 Å². The molecule has 0 fully saturated rings. The Balaban J connectivity index is 1.80. The number of benzene rings is 3. The Morgan fingerprint density at radius 1 is 1.03 bits per heavy atom. The molecule has 0 bridgehead atoms. The van der Waals surface area contributed by atoms with Crippen molar-refractivity contribution in [2.75, 3.05) is 7.05 Å². The second-order valence-corrected chi connectivity index (χ2v) is 7.44. The lowest BCUT2D eigenvalue weighted by Crippen LogP contribution is -2.42. The number of likely N-dealkylation sites (N-methyl/N-ethyl adjacent to an activating group) is 1. The topological polar surface area (TPSA) is 67.9 Å². The number of hydrogen-bond donors (Lipinski definition) is 1. The van der Waals surface area contributed by atoms with Crippen molar-refractivity contribution in [2.24, 2.45) is 10.7 Å². The van der Waals surface area contributed by atoms with Gasteiger partial charge in [0, 0.05) is 23.2 Å². The van der Waals surface area contributed by atoms with Gasteiger partial charge >= 0.3 is 0 Å². The SMILES string of the molecule is CN1C(=O)C2(N=C1N)c1cc(F)ccc1Oc1ccc(-c3cccc(Cl)c3)cc12. The van der Waals surface area contributed by atoms with Crippen LogP contribution in [0.15, 0.2) is 65.7 Å². The van der Waals surface area contributed by atoms with E-state index in [2.05, 4.69) is 4.99 Å². The van der Waals surface area contributed by atoms with Crippen LogP contribution in [0.2, 0.25) is 5.02 Å². The van der Waals surface area contributed by atoms with E-state index in [1.54, 1.807) is 19.2 Å². The monoisotopic (exact) mass is 407 g/mol. The Hall–Kier alpha value is -3.38. The third kappa shape index (κ3) is 2.46. The summed E-state index contributed by atoms with van der Waals surface area (Å²) >= 11 is 6.14. The molecular weight excluding hydrogens is 393 g/mol. The van der Waals surface area contributed by atoms with E-state index in [-0.39, 0.29) is 11.9 Å². The summed E-state index contributed by atoms with van der Waals surface area (Å²) in [5.41, 5.74) is 7.02. The lowest BCUT2D eigenvalue weighted by molar-refractivity contribution is -0.129. The Kier molecular flexibility index (Phi) is 3.70. The third-order valence-corrected chi connectivity index (χ3v) is 5.55. The average molecular weight is 408 g/mol. The summed E-state index contributed by atoms with van der Waals surface area (Å²) in [6.45, 7) is 0. The summed E-state index contributed by atoms with van der Waals surface area (Å²) in [6, 6.07) is 16.9. The number of nitrogens with two attached hydrogens (primary N) is 1. The van der Waals surface area contributed by atoms with E-state index in [0.29, 0.717) is 27.6 Å². The van der Waals surface area contributed by atoms with Crippen molar-refractivity contribution in [3.8, 4) is 22.6 Å². The van der Waals surface area contributed by atoms with Crippen molar-refractivity contribution >= 4 is 23.5 Å². The number of guanidine groups is 1. The van der Waals surface area contributed by atoms with Gasteiger partial charge in [0.25, 0.3) is 5.91 Å². The Bertz CT molecular complexity index is 1230. The highest BCUT2D eigenvalue weighted by Crippen LogP contribution is 2.52. The predicted octanol–water partition coefficient (Wildman–Crippen LogP) is 4.28. The van der Waals surface area contributed by atoms with Crippen molar-refractivity contribution in [3.63, 3.8) is 0 Å². The van der Waals surface area contributed by atoms with E-state index in [1.807, 2.05) is 30.3 Å². The summed E-state index contributed by atoms with van der Waals surface area (Å²) in [4.78, 5) is 19.2. The van der Waals surface area contributed by atoms with Gasteiger partial charge in [-0.05, 0) is 53.6 Å². The minimum Gasteiger partial charge on any atom is -0.457 e. The fraction of sp³-hybridized carbons (Fsp3) is 0.0909. The lowest BCUT2D eigenvalue weighted by Gasteiger charge is -2.33. The molecule has 29 heavy (non-hydrogen) atoms. The average Bonchev–Trinajstić information content (AvgIpc) is 2.93. The number of aliphatic imine (C=N–C) groups is 1. The van der Waals surface area contributed by atoms with Crippen LogP contribution in [0.1, 0.15) is 11.1 Å². The van der Waals surface area contributed by atoms with E-state index >= 15 is 0 Å². The molecule has 3 aromatic rings. The summed E-state index contributed by atoms with van der Waals surface area (Å²) in [7, 11) is 1.55. The number of nitrogens with zero attached hydrogens (tertiary/aromatic N) is 2. The van der Waals surface area contributed by atoms with Crippen LogP contribution in [0, 0.1) is 5.82 Å². The standard InChI is InChI=1S/C22H15ClFN3O2/c1-27-20(28)22(26-21(27)25)16-10-13(12-3-2-4-14(23)9-12)5-7-18(16)29-19-8-6-15(24)11-17(19)22/h2-11H,1H3,(H2,25,26). The summed E-state index contributed by atoms with van der Waals surface area (Å²) < 4.78 is 20.1. The zero-order chi connectivity index (χ0) is 20.3. The second kappa shape index (κ2) is 6.06. The molecule has 2 heterocycles. The van der Waals surface area contributed by atoms with Gasteiger partial charge in [0.1, 0.15) is 17.3 Å². The molecule has 2 aliphatic rings. The number of amides is 1. The predicted molar refractivity (Wildman–Crippen MR) is 109 cm³/mol. The number of carbonyl (C=O) groups is 1. The number of ether oxygens (including phenoxy) is 1. The molecule has 3 aromatic carbocycles. The van der Waals surface area contributed by atoms with Crippen molar-refractivity contribution in [1.82, 2.24) is 4.90 Å². The van der Waals surface area contributed by atoms with Crippen LogP contribution in [0.25, 0.3) is 11.1 Å².